The summed E-state index contributed by atoms with van der Waals surface area (Å²) in [5.74, 6) is -16.6. The Labute approximate surface area is 157 Å². The van der Waals surface area contributed by atoms with Crippen LogP contribution in [0, 0.1) is 23.3 Å². The van der Waals surface area contributed by atoms with Crippen molar-refractivity contribution in [3.8, 4) is 5.75 Å². The fourth-order valence-corrected chi connectivity index (χ4v) is 3.40. The van der Waals surface area contributed by atoms with Crippen LogP contribution in [0.4, 0.5) is 17.6 Å². The van der Waals surface area contributed by atoms with Gasteiger partial charge in [0.1, 0.15) is 0 Å². The van der Waals surface area contributed by atoms with Crippen molar-refractivity contribution in [1.82, 2.24) is 5.06 Å². The number of phenols is 1. The van der Waals surface area contributed by atoms with Gasteiger partial charge in [0.15, 0.2) is 22.3 Å². The van der Waals surface area contributed by atoms with Crippen LogP contribution in [0.3, 0.4) is 0 Å². The second-order valence-corrected chi connectivity index (χ2v) is 6.90. The van der Waals surface area contributed by atoms with E-state index in [1.54, 1.807) is 0 Å². The van der Waals surface area contributed by atoms with Crippen LogP contribution in [0.1, 0.15) is 31.1 Å². The maximum atomic E-state index is 13.8. The van der Waals surface area contributed by atoms with Gasteiger partial charge in [0.05, 0.1) is 16.7 Å². The Morgan fingerprint density at radius 3 is 1.97 bits per heavy atom. The molecule has 0 fully saturated rings. The van der Waals surface area contributed by atoms with E-state index in [1.807, 2.05) is 0 Å². The summed E-state index contributed by atoms with van der Waals surface area (Å²) in [6, 6.07) is 2.49. The van der Waals surface area contributed by atoms with Crippen LogP contribution in [0.25, 0.3) is 0 Å². The number of hydrogen-bond donors (Lipinski definition) is 2. The van der Waals surface area contributed by atoms with Crippen molar-refractivity contribution in [1.29, 1.82) is 0 Å². The van der Waals surface area contributed by atoms with E-state index in [9.17, 15) is 40.4 Å². The molecule has 14 heteroatoms. The highest BCUT2D eigenvalue weighted by Crippen LogP contribution is 2.34. The number of carboxylic acid groups (broad SMARTS) is 1. The first-order valence-corrected chi connectivity index (χ1v) is 8.55. The minimum Gasteiger partial charge on any atom is -0.503 e. The lowest BCUT2D eigenvalue weighted by Gasteiger charge is -2.14. The predicted molar refractivity (Wildman–Crippen MR) is 80.1 cm³/mol. The molecule has 0 bridgehead atoms. The summed E-state index contributed by atoms with van der Waals surface area (Å²) in [6.07, 6.45) is 0. The van der Waals surface area contributed by atoms with E-state index in [0.717, 1.165) is 18.2 Å². The summed E-state index contributed by atoms with van der Waals surface area (Å²) < 4.78 is 82.7. The average molecular weight is 435 g/mol. The molecular weight excluding hydrogens is 430 g/mol. The smallest absolute Gasteiger partial charge is 0.335 e. The lowest BCUT2D eigenvalue weighted by Crippen LogP contribution is -2.33. The van der Waals surface area contributed by atoms with Crippen molar-refractivity contribution in [2.75, 3.05) is 0 Å². The number of aromatic hydroxyl groups is 1. The molecule has 2 aromatic rings. The molecule has 1 aliphatic rings. The van der Waals surface area contributed by atoms with E-state index < -0.39 is 83.6 Å². The topological polar surface area (TPSA) is 138 Å². The van der Waals surface area contributed by atoms with Gasteiger partial charge >= 0.3 is 16.1 Å². The quantitative estimate of drug-likeness (QED) is 0.419. The van der Waals surface area contributed by atoms with Crippen molar-refractivity contribution >= 4 is 27.9 Å². The highest BCUT2D eigenvalue weighted by atomic mass is 32.2. The number of hydrogen-bond acceptors (Lipinski definition) is 7. The normalized spacial score (nSPS) is 13.7. The van der Waals surface area contributed by atoms with Crippen LogP contribution < -0.4 is 0 Å². The first-order valence-electron chi connectivity index (χ1n) is 7.14. The van der Waals surface area contributed by atoms with Gasteiger partial charge in [-0.2, -0.15) is 17.2 Å². The van der Waals surface area contributed by atoms with Gasteiger partial charge in [-0.1, -0.05) is 0 Å². The Kier molecular flexibility index (Phi) is 4.55. The van der Waals surface area contributed by atoms with Crippen molar-refractivity contribution in [2.45, 2.75) is 4.90 Å². The Morgan fingerprint density at radius 1 is 0.931 bits per heavy atom. The highest BCUT2D eigenvalue weighted by molar-refractivity contribution is 7.86. The Hall–Kier alpha value is -3.52. The fraction of sp³-hybridized carbons (Fsp3) is 0. The zero-order valence-corrected chi connectivity index (χ0v) is 14.3. The van der Waals surface area contributed by atoms with Crippen molar-refractivity contribution in [2.24, 2.45) is 0 Å². The molecule has 152 valence electrons. The minimum absolute atomic E-state index is 0.450. The van der Waals surface area contributed by atoms with E-state index in [2.05, 4.69) is 4.28 Å². The molecule has 1 aliphatic heterocycles. The molecule has 0 saturated carbocycles. The molecule has 1 heterocycles. The van der Waals surface area contributed by atoms with Gasteiger partial charge in [-0.3, -0.25) is 9.59 Å². The number of carbonyl (C=O) groups is 3. The fourth-order valence-electron chi connectivity index (χ4n) is 2.37. The molecule has 0 unspecified atom stereocenters. The SMILES string of the molecule is O=C(O)c1ccc2c(c1)C(=O)N(OS(=O)(=O)c1c(F)c(F)c(O)c(F)c1F)C2=O. The number of benzene rings is 2. The number of rotatable bonds is 4. The summed E-state index contributed by atoms with van der Waals surface area (Å²) in [4.78, 5) is 32.9. The molecule has 0 aliphatic carbocycles. The number of fused-ring (bicyclic) bond motifs is 1. The first kappa shape index (κ1) is 20.2. The van der Waals surface area contributed by atoms with E-state index in [1.165, 1.54) is 0 Å². The predicted octanol–water partition coefficient (Wildman–Crippen LogP) is 1.56. The Balaban J connectivity index is 2.06. The molecule has 2 aromatic carbocycles. The van der Waals surface area contributed by atoms with Crippen molar-refractivity contribution < 1.29 is 54.9 Å². The first-order chi connectivity index (χ1) is 13.4. The lowest BCUT2D eigenvalue weighted by atomic mass is 10.1. The van der Waals surface area contributed by atoms with E-state index >= 15 is 0 Å². The number of halogens is 4. The second-order valence-electron chi connectivity index (χ2n) is 5.43. The maximum Gasteiger partial charge on any atom is 0.335 e. The van der Waals surface area contributed by atoms with E-state index in [4.69, 9.17) is 10.2 Å². The third-order valence-corrected chi connectivity index (χ3v) is 4.92. The summed E-state index contributed by atoms with van der Waals surface area (Å²) in [7, 11) is -5.85. The number of carboxylic acids is 1. The summed E-state index contributed by atoms with van der Waals surface area (Å²) in [6.45, 7) is 0. The third kappa shape index (κ3) is 2.98. The number of amides is 2. The summed E-state index contributed by atoms with van der Waals surface area (Å²) in [5.41, 5.74) is -1.55. The monoisotopic (exact) mass is 435 g/mol. The third-order valence-electron chi connectivity index (χ3n) is 3.72. The van der Waals surface area contributed by atoms with Gasteiger partial charge in [0.2, 0.25) is 11.6 Å². The Morgan fingerprint density at radius 2 is 1.45 bits per heavy atom. The molecule has 29 heavy (non-hydrogen) atoms. The van der Waals surface area contributed by atoms with Gasteiger partial charge in [-0.05, 0) is 18.2 Å². The van der Waals surface area contributed by atoms with Crippen molar-refractivity contribution in [3.05, 3.63) is 58.2 Å². The van der Waals surface area contributed by atoms with Gasteiger partial charge in [0.25, 0.3) is 11.8 Å². The number of carbonyl (C=O) groups excluding carboxylic acids is 2. The van der Waals surface area contributed by atoms with Crippen LogP contribution in [0.5, 0.6) is 5.75 Å². The largest absolute Gasteiger partial charge is 0.503 e. The summed E-state index contributed by atoms with van der Waals surface area (Å²) >= 11 is 0. The van der Waals surface area contributed by atoms with E-state index in [0.29, 0.717) is 0 Å². The average Bonchev–Trinajstić information content (AvgIpc) is 2.88. The molecule has 9 nitrogen and oxygen atoms in total. The zero-order valence-electron chi connectivity index (χ0n) is 13.4. The minimum atomic E-state index is -5.85. The van der Waals surface area contributed by atoms with Crippen LogP contribution in [0.2, 0.25) is 0 Å². The maximum absolute atomic E-state index is 13.8. The van der Waals surface area contributed by atoms with Crippen molar-refractivity contribution in [3.63, 3.8) is 0 Å². The number of nitrogens with zero attached hydrogens (tertiary/aromatic N) is 1. The second kappa shape index (κ2) is 6.52. The van der Waals surface area contributed by atoms with Crippen LogP contribution >= 0.6 is 0 Å². The molecular formula is C15H5F4NO8S. The molecule has 0 atom stereocenters. The molecule has 3 rings (SSSR count). The number of aromatic carboxylic acids is 1. The van der Waals surface area contributed by atoms with Crippen LogP contribution in [-0.4, -0.2) is 41.5 Å². The number of imide groups is 1. The standard InChI is InChI=1S/C15H5F4NO8S/c16-7-9(18)12(10(19)8(17)11(7)21)29(26,27)28-20-13(22)5-2-1-4(15(24)25)3-6(5)14(20)23/h1-3,21H,(H,24,25). The molecule has 2 N–H and O–H groups in total. The number of phenolic OH excluding ortho intramolecular Hbond substituents is 1. The molecule has 0 aromatic heterocycles. The lowest BCUT2D eigenvalue weighted by molar-refractivity contribution is -0.0107. The zero-order chi connectivity index (χ0) is 21.8. The molecule has 0 spiro atoms. The highest BCUT2D eigenvalue weighted by Gasteiger charge is 2.43. The molecule has 2 amide bonds. The Bertz CT molecular complexity index is 1200. The van der Waals surface area contributed by atoms with Crippen LogP contribution in [-0.2, 0) is 14.4 Å². The van der Waals surface area contributed by atoms with Gasteiger partial charge in [-0.15, -0.1) is 9.35 Å². The van der Waals surface area contributed by atoms with Gasteiger partial charge in [0, 0.05) is 0 Å². The van der Waals surface area contributed by atoms with Gasteiger partial charge in [-0.25, -0.2) is 13.6 Å². The van der Waals surface area contributed by atoms with E-state index in [-0.39, 0.29) is 0 Å². The summed E-state index contributed by atoms with van der Waals surface area (Å²) in [5, 5.41) is 17.3. The molecule has 0 saturated heterocycles. The number of hydroxylamine groups is 2. The van der Waals surface area contributed by atoms with Crippen LogP contribution in [0.15, 0.2) is 23.1 Å². The van der Waals surface area contributed by atoms with Gasteiger partial charge < -0.3 is 10.2 Å². The molecule has 0 radical (unpaired) electrons.